The summed E-state index contributed by atoms with van der Waals surface area (Å²) < 4.78 is 0. The van der Waals surface area contributed by atoms with Crippen molar-refractivity contribution in [2.75, 3.05) is 11.1 Å². The van der Waals surface area contributed by atoms with E-state index in [1.807, 2.05) is 36.0 Å². The summed E-state index contributed by atoms with van der Waals surface area (Å²) in [5.41, 5.74) is 3.35. The van der Waals surface area contributed by atoms with E-state index in [1.54, 1.807) is 0 Å². The standard InChI is InChI=1S/C20H22N2S/c1-15(2)19-14-23-20(22-19)13-18(16-9-5-3-6-10-16)21-17-11-7-4-8-12-17/h3-13,15,19,21H,14H2,1-2H3. The first-order valence-corrected chi connectivity index (χ1v) is 9.01. The molecule has 118 valence electrons. The first-order chi connectivity index (χ1) is 11.2. The normalized spacial score (nSPS) is 18.1. The molecule has 3 rings (SSSR count). The first kappa shape index (κ1) is 15.9. The summed E-state index contributed by atoms with van der Waals surface area (Å²) in [6.45, 7) is 4.48. The molecule has 0 saturated carbocycles. The number of nitrogens with one attached hydrogen (secondary N) is 1. The van der Waals surface area contributed by atoms with E-state index in [0.29, 0.717) is 12.0 Å². The van der Waals surface area contributed by atoms with Crippen LogP contribution >= 0.6 is 11.8 Å². The van der Waals surface area contributed by atoms with Crippen LogP contribution in [0.15, 0.2) is 71.7 Å². The molecule has 0 amide bonds. The minimum Gasteiger partial charge on any atom is -0.355 e. The minimum absolute atomic E-state index is 0.431. The number of rotatable bonds is 5. The molecule has 0 radical (unpaired) electrons. The maximum Gasteiger partial charge on any atom is 0.0929 e. The highest BCUT2D eigenvalue weighted by Crippen LogP contribution is 2.27. The molecule has 0 saturated heterocycles. The van der Waals surface area contributed by atoms with Crippen molar-refractivity contribution in [2.24, 2.45) is 10.9 Å². The third kappa shape index (κ3) is 4.26. The summed E-state index contributed by atoms with van der Waals surface area (Å²) in [4.78, 5) is 4.86. The average molecular weight is 322 g/mol. The van der Waals surface area contributed by atoms with Gasteiger partial charge in [0.15, 0.2) is 0 Å². The molecule has 0 aromatic heterocycles. The summed E-state index contributed by atoms with van der Waals surface area (Å²) in [6, 6.07) is 21.1. The molecule has 2 aromatic rings. The lowest BCUT2D eigenvalue weighted by atomic mass is 10.1. The van der Waals surface area contributed by atoms with Gasteiger partial charge < -0.3 is 5.32 Å². The summed E-state index contributed by atoms with van der Waals surface area (Å²) in [7, 11) is 0. The predicted octanol–water partition coefficient (Wildman–Crippen LogP) is 5.31. The number of aliphatic imine (C=N–C) groups is 1. The molecule has 23 heavy (non-hydrogen) atoms. The Kier molecular flexibility index (Phi) is 5.19. The van der Waals surface area contributed by atoms with Crippen LogP contribution in [0.4, 0.5) is 5.69 Å². The second kappa shape index (κ2) is 7.51. The lowest BCUT2D eigenvalue weighted by Gasteiger charge is -2.11. The smallest absolute Gasteiger partial charge is 0.0929 e. The van der Waals surface area contributed by atoms with E-state index in [0.717, 1.165) is 22.2 Å². The van der Waals surface area contributed by atoms with Crippen molar-refractivity contribution in [3.8, 4) is 0 Å². The molecule has 0 aliphatic carbocycles. The summed E-state index contributed by atoms with van der Waals surface area (Å²) in [5.74, 6) is 1.67. The van der Waals surface area contributed by atoms with E-state index in [9.17, 15) is 0 Å². The lowest BCUT2D eigenvalue weighted by molar-refractivity contribution is 0.544. The first-order valence-electron chi connectivity index (χ1n) is 8.02. The van der Waals surface area contributed by atoms with Gasteiger partial charge in [-0.25, -0.2) is 0 Å². The van der Waals surface area contributed by atoms with Gasteiger partial charge >= 0.3 is 0 Å². The van der Waals surface area contributed by atoms with Crippen molar-refractivity contribution in [1.29, 1.82) is 0 Å². The van der Waals surface area contributed by atoms with Crippen LogP contribution in [-0.2, 0) is 0 Å². The van der Waals surface area contributed by atoms with Gasteiger partial charge in [-0.1, -0.05) is 62.4 Å². The fourth-order valence-corrected chi connectivity index (χ4v) is 3.65. The molecule has 3 heteroatoms. The monoisotopic (exact) mass is 322 g/mol. The quantitative estimate of drug-likeness (QED) is 0.806. The predicted molar refractivity (Wildman–Crippen MR) is 103 cm³/mol. The van der Waals surface area contributed by atoms with E-state index in [1.165, 1.54) is 5.56 Å². The van der Waals surface area contributed by atoms with Crippen LogP contribution in [0.5, 0.6) is 0 Å². The number of para-hydroxylation sites is 1. The fraction of sp³-hybridized carbons (Fsp3) is 0.250. The van der Waals surface area contributed by atoms with Gasteiger partial charge in [-0.15, -0.1) is 11.8 Å². The van der Waals surface area contributed by atoms with Crippen LogP contribution in [0.1, 0.15) is 19.4 Å². The third-order valence-electron chi connectivity index (χ3n) is 3.87. The van der Waals surface area contributed by atoms with Crippen molar-refractivity contribution in [2.45, 2.75) is 19.9 Å². The number of nitrogens with zero attached hydrogens (tertiary/aromatic N) is 1. The lowest BCUT2D eigenvalue weighted by Crippen LogP contribution is -2.11. The Morgan fingerprint density at radius 1 is 1.09 bits per heavy atom. The maximum atomic E-state index is 4.86. The molecule has 1 aliphatic heterocycles. The van der Waals surface area contributed by atoms with Gasteiger partial charge in [0.2, 0.25) is 0 Å². The van der Waals surface area contributed by atoms with Gasteiger partial charge in [0.05, 0.1) is 11.1 Å². The average Bonchev–Trinajstić information content (AvgIpc) is 3.05. The van der Waals surface area contributed by atoms with Gasteiger partial charge in [-0.3, -0.25) is 4.99 Å². The molecule has 2 nitrogen and oxygen atoms in total. The Bertz CT molecular complexity index is 690. The molecule has 1 heterocycles. The Balaban J connectivity index is 1.89. The molecule has 0 bridgehead atoms. The highest BCUT2D eigenvalue weighted by Gasteiger charge is 2.20. The van der Waals surface area contributed by atoms with Gasteiger partial charge in [0, 0.05) is 17.1 Å². The zero-order chi connectivity index (χ0) is 16.1. The van der Waals surface area contributed by atoms with E-state index in [4.69, 9.17) is 4.99 Å². The number of hydrogen-bond acceptors (Lipinski definition) is 3. The minimum atomic E-state index is 0.431. The van der Waals surface area contributed by atoms with Crippen molar-refractivity contribution >= 4 is 28.2 Å². The van der Waals surface area contributed by atoms with Gasteiger partial charge in [-0.2, -0.15) is 0 Å². The molecule has 2 aromatic carbocycles. The molecule has 1 aliphatic rings. The zero-order valence-corrected chi connectivity index (χ0v) is 14.4. The number of anilines is 1. The van der Waals surface area contributed by atoms with E-state index in [2.05, 4.69) is 61.6 Å². The van der Waals surface area contributed by atoms with Crippen LogP contribution in [0, 0.1) is 5.92 Å². The largest absolute Gasteiger partial charge is 0.355 e. The highest BCUT2D eigenvalue weighted by atomic mass is 32.2. The van der Waals surface area contributed by atoms with E-state index in [-0.39, 0.29) is 0 Å². The summed E-state index contributed by atoms with van der Waals surface area (Å²) in [5, 5.41) is 4.65. The molecule has 0 spiro atoms. The van der Waals surface area contributed by atoms with Crippen LogP contribution in [-0.4, -0.2) is 16.8 Å². The Labute approximate surface area is 142 Å². The second-order valence-corrected chi connectivity index (χ2v) is 7.05. The number of thioether (sulfide) groups is 1. The number of hydrogen-bond donors (Lipinski definition) is 1. The van der Waals surface area contributed by atoms with Crippen molar-refractivity contribution in [1.82, 2.24) is 0 Å². The Hall–Kier alpha value is -2.00. The Morgan fingerprint density at radius 2 is 1.74 bits per heavy atom. The van der Waals surface area contributed by atoms with E-state index >= 15 is 0 Å². The van der Waals surface area contributed by atoms with E-state index < -0.39 is 0 Å². The SMILES string of the molecule is CC(C)C1CSC(C=C(Nc2ccccc2)c2ccccc2)=N1. The summed E-state index contributed by atoms with van der Waals surface area (Å²) >= 11 is 1.85. The highest BCUT2D eigenvalue weighted by molar-refractivity contribution is 8.14. The fourth-order valence-electron chi connectivity index (χ4n) is 2.44. The van der Waals surface area contributed by atoms with Gasteiger partial charge in [0.1, 0.15) is 0 Å². The van der Waals surface area contributed by atoms with Crippen molar-refractivity contribution in [3.63, 3.8) is 0 Å². The number of benzene rings is 2. The molecular weight excluding hydrogens is 300 g/mol. The van der Waals surface area contributed by atoms with Crippen LogP contribution in [0.2, 0.25) is 0 Å². The molecule has 1 N–H and O–H groups in total. The van der Waals surface area contributed by atoms with Crippen molar-refractivity contribution in [3.05, 3.63) is 72.3 Å². The zero-order valence-electron chi connectivity index (χ0n) is 13.6. The van der Waals surface area contributed by atoms with Gasteiger partial charge in [-0.05, 0) is 29.7 Å². The molecule has 1 atom stereocenters. The third-order valence-corrected chi connectivity index (χ3v) is 4.90. The molecule has 0 fully saturated rings. The van der Waals surface area contributed by atoms with Crippen LogP contribution in [0.3, 0.4) is 0 Å². The molecule has 1 unspecified atom stereocenters. The summed E-state index contributed by atoms with van der Waals surface area (Å²) in [6.07, 6.45) is 2.18. The van der Waals surface area contributed by atoms with Gasteiger partial charge in [0.25, 0.3) is 0 Å². The maximum absolute atomic E-state index is 4.86. The topological polar surface area (TPSA) is 24.4 Å². The molecular formula is C20H22N2S. The van der Waals surface area contributed by atoms with Crippen LogP contribution in [0.25, 0.3) is 5.70 Å². The Morgan fingerprint density at radius 3 is 2.35 bits per heavy atom. The second-order valence-electron chi connectivity index (χ2n) is 6.00. The van der Waals surface area contributed by atoms with Crippen LogP contribution < -0.4 is 5.32 Å². The van der Waals surface area contributed by atoms with Crippen molar-refractivity contribution < 1.29 is 0 Å².